The Morgan fingerprint density at radius 2 is 1.50 bits per heavy atom. The summed E-state index contributed by atoms with van der Waals surface area (Å²) in [4.78, 5) is 8.06. The number of aromatic nitrogens is 2. The van der Waals surface area contributed by atoms with Crippen molar-refractivity contribution in [3.8, 4) is 22.4 Å². The van der Waals surface area contributed by atoms with Crippen LogP contribution in [0.5, 0.6) is 0 Å². The first-order chi connectivity index (χ1) is 12.7. The maximum atomic E-state index is 6.56. The van der Waals surface area contributed by atoms with Crippen LogP contribution in [-0.4, -0.2) is 15.5 Å². The molecule has 1 fully saturated rings. The summed E-state index contributed by atoms with van der Waals surface area (Å²) >= 11 is 0. The number of benzene rings is 2. The molecule has 0 amide bonds. The number of aromatic amines is 1. The van der Waals surface area contributed by atoms with Crippen LogP contribution in [0.3, 0.4) is 0 Å². The topological polar surface area (TPSA) is 54.7 Å². The van der Waals surface area contributed by atoms with Gasteiger partial charge in [-0.2, -0.15) is 0 Å². The number of rotatable bonds is 5. The lowest BCUT2D eigenvalue weighted by Gasteiger charge is -2.33. The lowest BCUT2D eigenvalue weighted by Crippen LogP contribution is -2.42. The van der Waals surface area contributed by atoms with Crippen LogP contribution < -0.4 is 5.73 Å². The van der Waals surface area contributed by atoms with Crippen molar-refractivity contribution in [2.24, 2.45) is 5.73 Å². The van der Waals surface area contributed by atoms with Gasteiger partial charge in [0.1, 0.15) is 5.82 Å². The Kier molecular flexibility index (Phi) is 4.89. The molecule has 0 radical (unpaired) electrons. The van der Waals surface area contributed by atoms with Gasteiger partial charge in [-0.05, 0) is 36.0 Å². The van der Waals surface area contributed by atoms with Crippen LogP contribution in [0.1, 0.15) is 44.3 Å². The molecule has 4 rings (SSSR count). The Bertz CT molecular complexity index is 827. The molecule has 3 aromatic rings. The summed E-state index contributed by atoms with van der Waals surface area (Å²) in [5.41, 5.74) is 11.3. The monoisotopic (exact) mass is 345 g/mol. The zero-order valence-corrected chi connectivity index (χ0v) is 15.2. The lowest BCUT2D eigenvalue weighted by molar-refractivity contribution is 0.277. The molecule has 0 atom stereocenters. The van der Waals surface area contributed by atoms with Crippen molar-refractivity contribution >= 4 is 0 Å². The fourth-order valence-electron chi connectivity index (χ4n) is 3.98. The molecule has 1 aliphatic rings. The molecule has 0 saturated heterocycles. The normalized spacial score (nSPS) is 16.5. The molecule has 3 nitrogen and oxygen atoms in total. The predicted octanol–water partition coefficient (Wildman–Crippen LogP) is 5.34. The summed E-state index contributed by atoms with van der Waals surface area (Å²) in [7, 11) is 0. The van der Waals surface area contributed by atoms with E-state index in [0.29, 0.717) is 0 Å². The molecule has 26 heavy (non-hydrogen) atoms. The predicted molar refractivity (Wildman–Crippen MR) is 108 cm³/mol. The molecule has 2 aromatic carbocycles. The zero-order chi connectivity index (χ0) is 17.8. The van der Waals surface area contributed by atoms with Crippen molar-refractivity contribution in [3.05, 3.63) is 66.6 Å². The van der Waals surface area contributed by atoms with Gasteiger partial charge in [0.25, 0.3) is 0 Å². The largest absolute Gasteiger partial charge is 0.342 e. The first kappa shape index (κ1) is 17.0. The van der Waals surface area contributed by atoms with E-state index in [1.807, 2.05) is 12.3 Å². The van der Waals surface area contributed by atoms with E-state index < -0.39 is 0 Å². The second kappa shape index (κ2) is 7.46. The number of imidazole rings is 1. The summed E-state index contributed by atoms with van der Waals surface area (Å²) in [6.45, 7) is 0. The van der Waals surface area contributed by atoms with Crippen molar-refractivity contribution in [2.45, 2.75) is 50.5 Å². The number of nitrogens with one attached hydrogen (secondary N) is 1. The Labute approximate surface area is 155 Å². The van der Waals surface area contributed by atoms with Gasteiger partial charge >= 0.3 is 0 Å². The van der Waals surface area contributed by atoms with Gasteiger partial charge in [-0.3, -0.25) is 0 Å². The molecule has 1 saturated carbocycles. The Morgan fingerprint density at radius 3 is 2.23 bits per heavy atom. The Hall–Kier alpha value is -2.39. The smallest absolute Gasteiger partial charge is 0.106 e. The van der Waals surface area contributed by atoms with E-state index in [-0.39, 0.29) is 5.54 Å². The van der Waals surface area contributed by atoms with E-state index in [2.05, 4.69) is 58.5 Å². The minimum atomic E-state index is 0.0164. The highest BCUT2D eigenvalue weighted by Crippen LogP contribution is 2.30. The van der Waals surface area contributed by atoms with Gasteiger partial charge in [0.2, 0.25) is 0 Å². The molecular weight excluding hydrogens is 318 g/mol. The minimum absolute atomic E-state index is 0.0164. The number of hydrogen-bond donors (Lipinski definition) is 2. The van der Waals surface area contributed by atoms with E-state index >= 15 is 0 Å². The molecule has 134 valence electrons. The van der Waals surface area contributed by atoms with Crippen molar-refractivity contribution in [2.75, 3.05) is 0 Å². The molecule has 3 N–H and O–H groups in total. The van der Waals surface area contributed by atoms with Crippen molar-refractivity contribution in [3.63, 3.8) is 0 Å². The number of aryl methyl sites for hydroxylation is 1. The number of nitrogens with zero attached hydrogens (tertiary/aromatic N) is 1. The van der Waals surface area contributed by atoms with Gasteiger partial charge < -0.3 is 10.7 Å². The maximum Gasteiger partial charge on any atom is 0.106 e. The average Bonchev–Trinajstić information content (AvgIpc) is 3.17. The van der Waals surface area contributed by atoms with Crippen molar-refractivity contribution < 1.29 is 0 Å². The quantitative estimate of drug-likeness (QED) is 0.656. The molecule has 1 aliphatic carbocycles. The van der Waals surface area contributed by atoms with Crippen molar-refractivity contribution in [1.29, 1.82) is 0 Å². The van der Waals surface area contributed by atoms with Crippen LogP contribution in [-0.2, 0) is 6.42 Å². The van der Waals surface area contributed by atoms with Gasteiger partial charge in [-0.15, -0.1) is 0 Å². The highest BCUT2D eigenvalue weighted by atomic mass is 14.9. The zero-order valence-electron chi connectivity index (χ0n) is 15.2. The Morgan fingerprint density at radius 1 is 0.846 bits per heavy atom. The third-order valence-electron chi connectivity index (χ3n) is 5.64. The first-order valence-electron chi connectivity index (χ1n) is 9.71. The maximum absolute atomic E-state index is 6.56. The molecular formula is C23H27N3. The number of hydrogen-bond acceptors (Lipinski definition) is 2. The van der Waals surface area contributed by atoms with Crippen LogP contribution in [0.25, 0.3) is 22.4 Å². The van der Waals surface area contributed by atoms with Crippen LogP contribution in [0, 0.1) is 0 Å². The van der Waals surface area contributed by atoms with Crippen molar-refractivity contribution in [1.82, 2.24) is 9.97 Å². The molecule has 3 heteroatoms. The molecule has 0 bridgehead atoms. The molecule has 0 unspecified atom stereocenters. The average molecular weight is 345 g/mol. The van der Waals surface area contributed by atoms with Crippen LogP contribution >= 0.6 is 0 Å². The highest BCUT2D eigenvalue weighted by Gasteiger charge is 2.27. The standard InChI is InChI=1S/C23H27N3/c24-23(14-5-2-6-15-23)16-13-22-25-17-21(26-22)20-11-9-19(10-12-20)18-7-3-1-4-8-18/h1,3-4,7-12,17H,2,5-6,13-16,24H2,(H,25,26). The van der Waals surface area contributed by atoms with E-state index in [1.165, 1.54) is 36.0 Å². The third-order valence-corrected chi connectivity index (χ3v) is 5.64. The summed E-state index contributed by atoms with van der Waals surface area (Å²) in [5.74, 6) is 1.04. The third kappa shape index (κ3) is 3.88. The fourth-order valence-corrected chi connectivity index (χ4v) is 3.98. The van der Waals surface area contributed by atoms with E-state index in [1.54, 1.807) is 0 Å². The Balaban J connectivity index is 1.43. The van der Waals surface area contributed by atoms with E-state index in [0.717, 1.165) is 37.2 Å². The molecule has 1 aromatic heterocycles. The van der Waals surface area contributed by atoms with Crippen LogP contribution in [0.4, 0.5) is 0 Å². The first-order valence-corrected chi connectivity index (χ1v) is 9.71. The van der Waals surface area contributed by atoms with Gasteiger partial charge in [0.05, 0.1) is 11.9 Å². The summed E-state index contributed by atoms with van der Waals surface area (Å²) in [6, 6.07) is 19.1. The summed E-state index contributed by atoms with van der Waals surface area (Å²) < 4.78 is 0. The second-order valence-corrected chi connectivity index (χ2v) is 7.61. The minimum Gasteiger partial charge on any atom is -0.342 e. The fraction of sp³-hybridized carbons (Fsp3) is 0.348. The van der Waals surface area contributed by atoms with Crippen LogP contribution in [0.15, 0.2) is 60.8 Å². The van der Waals surface area contributed by atoms with Gasteiger partial charge in [-0.25, -0.2) is 4.98 Å². The van der Waals surface area contributed by atoms with Crippen LogP contribution in [0.2, 0.25) is 0 Å². The van der Waals surface area contributed by atoms with Gasteiger partial charge in [0, 0.05) is 12.0 Å². The molecule has 0 aliphatic heterocycles. The van der Waals surface area contributed by atoms with Gasteiger partial charge in [0.15, 0.2) is 0 Å². The molecule has 1 heterocycles. The summed E-state index contributed by atoms with van der Waals surface area (Å²) in [5, 5.41) is 0. The summed E-state index contributed by atoms with van der Waals surface area (Å²) in [6.07, 6.45) is 10.1. The number of H-pyrrole nitrogens is 1. The van der Waals surface area contributed by atoms with E-state index in [9.17, 15) is 0 Å². The highest BCUT2D eigenvalue weighted by molar-refractivity contribution is 5.68. The second-order valence-electron chi connectivity index (χ2n) is 7.61. The number of nitrogens with two attached hydrogens (primary N) is 1. The SMILES string of the molecule is NC1(CCc2ncc(-c3ccc(-c4ccccc4)cc3)[nH]2)CCCCC1. The van der Waals surface area contributed by atoms with Gasteiger partial charge in [-0.1, -0.05) is 73.9 Å². The van der Waals surface area contributed by atoms with E-state index in [4.69, 9.17) is 5.73 Å². The lowest BCUT2D eigenvalue weighted by atomic mass is 9.79. The molecule has 0 spiro atoms.